The molecule has 0 aliphatic carbocycles. The summed E-state index contributed by atoms with van der Waals surface area (Å²) >= 11 is 0. The number of unbranched alkanes of at least 4 members (excludes halogenated alkanes) is 2. The Labute approximate surface area is 156 Å². The lowest BCUT2D eigenvalue weighted by atomic mass is 9.97. The number of ketones is 1. The molecule has 0 saturated carbocycles. The number of aliphatic hydroxyl groups excluding tert-OH is 1. The molecule has 0 aliphatic rings. The lowest BCUT2D eigenvalue weighted by molar-refractivity contribution is -0.133. The fraction of sp³-hybridized carbons (Fsp3) is 0.833. The van der Waals surface area contributed by atoms with Gasteiger partial charge in [0.25, 0.3) is 0 Å². The zero-order valence-electron chi connectivity index (χ0n) is 16.3. The van der Waals surface area contributed by atoms with Crippen LogP contribution >= 0.6 is 0 Å². The first-order valence-electron chi connectivity index (χ1n) is 9.45. The van der Waals surface area contributed by atoms with E-state index in [2.05, 4.69) is 17.6 Å². The minimum absolute atomic E-state index is 0.0430. The molecule has 8 nitrogen and oxygen atoms in total. The highest BCUT2D eigenvalue weighted by Gasteiger charge is 2.29. The lowest BCUT2D eigenvalue weighted by Crippen LogP contribution is -2.56. The summed E-state index contributed by atoms with van der Waals surface area (Å²) in [6.07, 6.45) is 3.44. The summed E-state index contributed by atoms with van der Waals surface area (Å²) in [5.41, 5.74) is 11.2. The number of nitrogens with one attached hydrogen (secondary N) is 2. The standard InChI is InChI=1S/C18H36N4O4/c1-4-5-6-7-14(11-20)10-16(25)22-17(13(3)24)18(26)21-15(8-9-19)12(2)23/h13-15,17,24H,4-11,19-20H2,1-3H3,(H,21,26)(H,22,25)/t13-,14?,15-,17-/m0/s1. The second-order valence-corrected chi connectivity index (χ2v) is 6.84. The van der Waals surface area contributed by atoms with E-state index in [-0.39, 0.29) is 30.6 Å². The number of aliphatic hydroxyl groups is 1. The van der Waals surface area contributed by atoms with Crippen molar-refractivity contribution < 1.29 is 19.5 Å². The van der Waals surface area contributed by atoms with E-state index in [4.69, 9.17) is 11.5 Å². The third-order valence-electron chi connectivity index (χ3n) is 4.37. The van der Waals surface area contributed by atoms with Crippen LogP contribution < -0.4 is 22.1 Å². The van der Waals surface area contributed by atoms with Gasteiger partial charge in [0.15, 0.2) is 5.78 Å². The monoisotopic (exact) mass is 372 g/mol. The molecule has 26 heavy (non-hydrogen) atoms. The third kappa shape index (κ3) is 9.84. The summed E-state index contributed by atoms with van der Waals surface area (Å²) in [7, 11) is 0. The molecule has 152 valence electrons. The van der Waals surface area contributed by atoms with E-state index < -0.39 is 24.1 Å². The van der Waals surface area contributed by atoms with Gasteiger partial charge < -0.3 is 27.2 Å². The molecule has 1 unspecified atom stereocenters. The molecule has 0 aliphatic heterocycles. The quantitative estimate of drug-likeness (QED) is 0.267. The van der Waals surface area contributed by atoms with Gasteiger partial charge in [-0.15, -0.1) is 0 Å². The first-order chi connectivity index (χ1) is 12.3. The second-order valence-electron chi connectivity index (χ2n) is 6.84. The largest absolute Gasteiger partial charge is 0.391 e. The Kier molecular flexibility index (Phi) is 12.9. The Morgan fingerprint density at radius 2 is 1.73 bits per heavy atom. The number of hydrogen-bond donors (Lipinski definition) is 5. The highest BCUT2D eigenvalue weighted by molar-refractivity contribution is 5.92. The third-order valence-corrected chi connectivity index (χ3v) is 4.37. The minimum atomic E-state index is -1.13. The maximum absolute atomic E-state index is 12.4. The Morgan fingerprint density at radius 1 is 1.08 bits per heavy atom. The van der Waals surface area contributed by atoms with Gasteiger partial charge in [0.2, 0.25) is 11.8 Å². The van der Waals surface area contributed by atoms with Crippen LogP contribution in [0.1, 0.15) is 59.3 Å². The summed E-state index contributed by atoms with van der Waals surface area (Å²) in [5, 5.41) is 15.0. The molecule has 0 aromatic carbocycles. The Balaban J connectivity index is 4.75. The van der Waals surface area contributed by atoms with Gasteiger partial charge in [-0.3, -0.25) is 14.4 Å². The van der Waals surface area contributed by atoms with Crippen molar-refractivity contribution in [3.63, 3.8) is 0 Å². The van der Waals surface area contributed by atoms with E-state index in [0.717, 1.165) is 25.7 Å². The van der Waals surface area contributed by atoms with Crippen molar-refractivity contribution in [1.29, 1.82) is 0 Å². The molecule has 2 amide bonds. The number of rotatable bonds is 14. The normalized spacial score (nSPS) is 15.6. The molecule has 4 atom stereocenters. The molecule has 8 heteroatoms. The molecule has 7 N–H and O–H groups in total. The van der Waals surface area contributed by atoms with Gasteiger partial charge in [-0.25, -0.2) is 0 Å². The van der Waals surface area contributed by atoms with E-state index >= 15 is 0 Å². The maximum Gasteiger partial charge on any atom is 0.245 e. The first kappa shape index (κ1) is 24.5. The molecule has 0 saturated heterocycles. The molecular formula is C18H36N4O4. The van der Waals surface area contributed by atoms with E-state index in [1.54, 1.807) is 0 Å². The van der Waals surface area contributed by atoms with Crippen LogP contribution in [0.3, 0.4) is 0 Å². The van der Waals surface area contributed by atoms with Gasteiger partial charge in [-0.1, -0.05) is 26.2 Å². The Morgan fingerprint density at radius 3 is 2.19 bits per heavy atom. The smallest absolute Gasteiger partial charge is 0.245 e. The van der Waals surface area contributed by atoms with E-state index in [9.17, 15) is 19.5 Å². The number of carbonyl (C=O) groups is 3. The zero-order valence-corrected chi connectivity index (χ0v) is 16.3. The van der Waals surface area contributed by atoms with Crippen molar-refractivity contribution >= 4 is 17.6 Å². The van der Waals surface area contributed by atoms with Gasteiger partial charge in [-0.05, 0) is 45.7 Å². The van der Waals surface area contributed by atoms with Crippen molar-refractivity contribution in [2.24, 2.45) is 17.4 Å². The van der Waals surface area contributed by atoms with Crippen molar-refractivity contribution in [1.82, 2.24) is 10.6 Å². The van der Waals surface area contributed by atoms with Crippen LogP contribution in [0, 0.1) is 5.92 Å². The number of Topliss-reactive ketones (excluding diaryl/α,β-unsaturated/α-hetero) is 1. The predicted molar refractivity (Wildman–Crippen MR) is 101 cm³/mol. The van der Waals surface area contributed by atoms with Gasteiger partial charge in [0.05, 0.1) is 12.1 Å². The summed E-state index contributed by atoms with van der Waals surface area (Å²) in [6.45, 7) is 5.52. The molecule has 0 rings (SSSR count). The van der Waals surface area contributed by atoms with E-state index in [0.29, 0.717) is 13.0 Å². The lowest BCUT2D eigenvalue weighted by Gasteiger charge is -2.24. The first-order valence-corrected chi connectivity index (χ1v) is 9.45. The summed E-state index contributed by atoms with van der Waals surface area (Å²) in [5.74, 6) is -1.12. The SMILES string of the molecule is CCCCCC(CN)CC(=O)N[C@H](C(=O)N[C@@H](CCN)C(C)=O)[C@H](C)O. The average molecular weight is 373 g/mol. The number of carbonyl (C=O) groups excluding carboxylic acids is 3. The fourth-order valence-corrected chi connectivity index (χ4v) is 2.69. The summed E-state index contributed by atoms with van der Waals surface area (Å²) < 4.78 is 0. The van der Waals surface area contributed by atoms with Gasteiger partial charge in [-0.2, -0.15) is 0 Å². The Bertz CT molecular complexity index is 443. The van der Waals surface area contributed by atoms with Crippen LogP contribution in [0.2, 0.25) is 0 Å². The second kappa shape index (κ2) is 13.7. The number of hydrogen-bond acceptors (Lipinski definition) is 6. The van der Waals surface area contributed by atoms with Gasteiger partial charge in [0.1, 0.15) is 6.04 Å². The van der Waals surface area contributed by atoms with E-state index in [1.165, 1.54) is 13.8 Å². The fourth-order valence-electron chi connectivity index (χ4n) is 2.69. The van der Waals surface area contributed by atoms with Crippen LogP contribution in [0.4, 0.5) is 0 Å². The van der Waals surface area contributed by atoms with Crippen LogP contribution in [0.5, 0.6) is 0 Å². The minimum Gasteiger partial charge on any atom is -0.391 e. The van der Waals surface area contributed by atoms with Crippen LogP contribution in [-0.2, 0) is 14.4 Å². The van der Waals surface area contributed by atoms with Gasteiger partial charge >= 0.3 is 0 Å². The van der Waals surface area contributed by atoms with Crippen molar-refractivity contribution in [3.05, 3.63) is 0 Å². The van der Waals surface area contributed by atoms with Crippen LogP contribution in [-0.4, -0.2) is 54.0 Å². The summed E-state index contributed by atoms with van der Waals surface area (Å²) in [6, 6.07) is -1.85. The van der Waals surface area contributed by atoms with Crippen molar-refractivity contribution in [2.75, 3.05) is 13.1 Å². The predicted octanol–water partition coefficient (Wildman–Crippen LogP) is -0.180. The van der Waals surface area contributed by atoms with Gasteiger partial charge in [0, 0.05) is 6.42 Å². The average Bonchev–Trinajstić information content (AvgIpc) is 2.57. The molecule has 0 aromatic heterocycles. The summed E-state index contributed by atoms with van der Waals surface area (Å²) in [4.78, 5) is 36.2. The number of amides is 2. The molecular weight excluding hydrogens is 336 g/mol. The topological polar surface area (TPSA) is 148 Å². The molecule has 0 bridgehead atoms. The van der Waals surface area contributed by atoms with E-state index in [1.807, 2.05) is 0 Å². The molecule has 0 aromatic rings. The Hall–Kier alpha value is -1.51. The molecule has 0 fully saturated rings. The molecule has 0 heterocycles. The van der Waals surface area contributed by atoms with Crippen LogP contribution in [0.25, 0.3) is 0 Å². The molecule has 0 spiro atoms. The highest BCUT2D eigenvalue weighted by atomic mass is 16.3. The molecule has 0 radical (unpaired) electrons. The van der Waals surface area contributed by atoms with Crippen molar-refractivity contribution in [2.45, 2.75) is 77.5 Å². The van der Waals surface area contributed by atoms with Crippen molar-refractivity contribution in [3.8, 4) is 0 Å². The maximum atomic E-state index is 12.4. The highest BCUT2D eigenvalue weighted by Crippen LogP contribution is 2.13. The zero-order chi connectivity index (χ0) is 20.1. The number of nitrogens with two attached hydrogens (primary N) is 2. The van der Waals surface area contributed by atoms with Crippen LogP contribution in [0.15, 0.2) is 0 Å².